The van der Waals surface area contributed by atoms with Crippen molar-refractivity contribution in [3.8, 4) is 0 Å². The Morgan fingerprint density at radius 1 is 1.53 bits per heavy atom. The molecule has 1 rings (SSSR count). The molecule has 0 spiro atoms. The van der Waals surface area contributed by atoms with Gasteiger partial charge in [0.25, 0.3) is 0 Å². The highest BCUT2D eigenvalue weighted by molar-refractivity contribution is 7.91. The molecule has 5 nitrogen and oxygen atoms in total. The van der Waals surface area contributed by atoms with Gasteiger partial charge in [-0.05, 0) is 14.0 Å². The molecule has 6 heteroatoms. The fourth-order valence-corrected chi connectivity index (χ4v) is 3.74. The van der Waals surface area contributed by atoms with Crippen molar-refractivity contribution < 1.29 is 18.3 Å². The molecule has 15 heavy (non-hydrogen) atoms. The summed E-state index contributed by atoms with van der Waals surface area (Å²) in [6, 6.07) is -0.205. The van der Waals surface area contributed by atoms with Crippen LogP contribution in [0.5, 0.6) is 0 Å². The lowest BCUT2D eigenvalue weighted by atomic mass is 10.1. The molecule has 0 bridgehead atoms. The predicted octanol–water partition coefficient (Wildman–Crippen LogP) is -0.889. The first-order chi connectivity index (χ1) is 6.87. The fourth-order valence-electron chi connectivity index (χ4n) is 1.89. The maximum atomic E-state index is 11.3. The molecule has 0 aromatic heterocycles. The van der Waals surface area contributed by atoms with Crippen molar-refractivity contribution in [1.82, 2.24) is 4.90 Å². The summed E-state index contributed by atoms with van der Waals surface area (Å²) >= 11 is 0. The van der Waals surface area contributed by atoms with E-state index in [1.54, 1.807) is 7.11 Å². The van der Waals surface area contributed by atoms with Crippen LogP contribution in [0.2, 0.25) is 0 Å². The molecule has 90 valence electrons. The molecule has 1 N–H and O–H groups in total. The van der Waals surface area contributed by atoms with Gasteiger partial charge in [-0.25, -0.2) is 8.42 Å². The summed E-state index contributed by atoms with van der Waals surface area (Å²) in [7, 11) is 0.351. The van der Waals surface area contributed by atoms with Crippen molar-refractivity contribution in [2.24, 2.45) is 0 Å². The minimum Gasteiger partial charge on any atom is -0.390 e. The van der Waals surface area contributed by atoms with E-state index in [4.69, 9.17) is 4.74 Å². The Morgan fingerprint density at radius 2 is 2.13 bits per heavy atom. The van der Waals surface area contributed by atoms with Crippen LogP contribution in [0.4, 0.5) is 0 Å². The van der Waals surface area contributed by atoms with E-state index in [9.17, 15) is 13.5 Å². The van der Waals surface area contributed by atoms with Gasteiger partial charge in [-0.2, -0.15) is 0 Å². The molecular weight excluding hydrogens is 218 g/mol. The Morgan fingerprint density at radius 3 is 2.53 bits per heavy atom. The van der Waals surface area contributed by atoms with Crippen LogP contribution in [0.3, 0.4) is 0 Å². The Bertz CT molecular complexity index is 303. The van der Waals surface area contributed by atoms with Gasteiger partial charge >= 0.3 is 0 Å². The highest BCUT2D eigenvalue weighted by Crippen LogP contribution is 2.19. The van der Waals surface area contributed by atoms with Crippen LogP contribution in [-0.2, 0) is 14.6 Å². The molecule has 0 aliphatic carbocycles. The van der Waals surface area contributed by atoms with Gasteiger partial charge in [-0.15, -0.1) is 0 Å². The lowest BCUT2D eigenvalue weighted by Gasteiger charge is -2.31. The third-order valence-electron chi connectivity index (χ3n) is 2.92. The van der Waals surface area contributed by atoms with Crippen molar-refractivity contribution >= 4 is 9.84 Å². The third-order valence-corrected chi connectivity index (χ3v) is 4.62. The molecule has 0 aromatic carbocycles. The van der Waals surface area contributed by atoms with Gasteiger partial charge in [0.05, 0.1) is 30.3 Å². The number of ether oxygens (including phenoxy) is 1. The molecule has 3 unspecified atom stereocenters. The minimum absolute atomic E-state index is 0.0404. The van der Waals surface area contributed by atoms with Crippen molar-refractivity contribution in [3.05, 3.63) is 0 Å². The van der Waals surface area contributed by atoms with E-state index >= 15 is 0 Å². The van der Waals surface area contributed by atoms with Crippen LogP contribution in [0.1, 0.15) is 6.92 Å². The molecule has 1 fully saturated rings. The maximum absolute atomic E-state index is 11.3. The lowest BCUT2D eigenvalue weighted by molar-refractivity contribution is 0.0454. The smallest absolute Gasteiger partial charge is 0.154 e. The molecule has 0 radical (unpaired) electrons. The Balaban J connectivity index is 2.64. The van der Waals surface area contributed by atoms with Crippen LogP contribution >= 0.6 is 0 Å². The van der Waals surface area contributed by atoms with Crippen LogP contribution in [0.25, 0.3) is 0 Å². The third kappa shape index (κ3) is 3.14. The maximum Gasteiger partial charge on any atom is 0.154 e. The van der Waals surface area contributed by atoms with Gasteiger partial charge in [0.15, 0.2) is 9.84 Å². The number of nitrogens with zero attached hydrogens (tertiary/aromatic N) is 1. The molecule has 0 amide bonds. The number of methoxy groups -OCH3 is 1. The molecule has 1 heterocycles. The molecule has 0 aromatic rings. The van der Waals surface area contributed by atoms with E-state index in [1.165, 1.54) is 0 Å². The van der Waals surface area contributed by atoms with Crippen molar-refractivity contribution in [3.63, 3.8) is 0 Å². The standard InChI is InChI=1S/C9H19NO4S/c1-7(4-14-3)10(2)8-5-15(12,13)6-9(8)11/h7-9,11H,4-6H2,1-3H3. The lowest BCUT2D eigenvalue weighted by Crippen LogP contribution is -2.46. The van der Waals surface area contributed by atoms with Crippen molar-refractivity contribution in [2.45, 2.75) is 25.1 Å². The first kappa shape index (κ1) is 12.9. The SMILES string of the molecule is COCC(C)N(C)C1CS(=O)(=O)CC1O. The summed E-state index contributed by atoms with van der Waals surface area (Å²) in [5.74, 6) is -0.0829. The highest BCUT2D eigenvalue weighted by atomic mass is 32.2. The van der Waals surface area contributed by atoms with E-state index in [-0.39, 0.29) is 23.6 Å². The van der Waals surface area contributed by atoms with E-state index < -0.39 is 15.9 Å². The topological polar surface area (TPSA) is 66.8 Å². The molecule has 1 aliphatic heterocycles. The second-order valence-corrected chi connectivity index (χ2v) is 6.34. The van der Waals surface area contributed by atoms with Crippen LogP contribution in [0.15, 0.2) is 0 Å². The average molecular weight is 237 g/mol. The van der Waals surface area contributed by atoms with Crippen LogP contribution in [-0.4, -0.2) is 68.9 Å². The fraction of sp³-hybridized carbons (Fsp3) is 1.00. The molecule has 3 atom stereocenters. The van der Waals surface area contributed by atoms with E-state index in [0.717, 1.165) is 0 Å². The number of hydrogen-bond donors (Lipinski definition) is 1. The first-order valence-corrected chi connectivity index (χ1v) is 6.79. The summed E-state index contributed by atoms with van der Waals surface area (Å²) in [6.45, 7) is 2.47. The van der Waals surface area contributed by atoms with Gasteiger partial charge in [0.1, 0.15) is 0 Å². The van der Waals surface area contributed by atoms with Gasteiger partial charge in [0, 0.05) is 13.2 Å². The van der Waals surface area contributed by atoms with E-state index in [1.807, 2.05) is 18.9 Å². The van der Waals surface area contributed by atoms with Gasteiger partial charge < -0.3 is 9.84 Å². The quantitative estimate of drug-likeness (QED) is 0.687. The molecular formula is C9H19NO4S. The Labute approximate surface area is 90.9 Å². The van der Waals surface area contributed by atoms with Crippen LogP contribution < -0.4 is 0 Å². The van der Waals surface area contributed by atoms with E-state index in [2.05, 4.69) is 0 Å². The zero-order valence-electron chi connectivity index (χ0n) is 9.38. The van der Waals surface area contributed by atoms with E-state index in [0.29, 0.717) is 6.61 Å². The summed E-state index contributed by atoms with van der Waals surface area (Å²) < 4.78 is 27.6. The second-order valence-electron chi connectivity index (χ2n) is 4.18. The van der Waals surface area contributed by atoms with Crippen molar-refractivity contribution in [2.75, 3.05) is 32.3 Å². The molecule has 0 saturated carbocycles. The summed E-state index contributed by atoms with van der Waals surface area (Å²) in [5, 5.41) is 9.65. The Kier molecular flexibility index (Phi) is 4.11. The minimum atomic E-state index is -3.07. The first-order valence-electron chi connectivity index (χ1n) is 4.96. The monoisotopic (exact) mass is 237 g/mol. The number of sulfone groups is 1. The number of likely N-dealkylation sites (N-methyl/N-ethyl adjacent to an activating group) is 1. The molecule has 1 saturated heterocycles. The number of aliphatic hydroxyl groups excluding tert-OH is 1. The average Bonchev–Trinajstić information content (AvgIpc) is 2.39. The highest BCUT2D eigenvalue weighted by Gasteiger charge is 2.39. The molecule has 1 aliphatic rings. The number of aliphatic hydroxyl groups is 1. The zero-order chi connectivity index (χ0) is 11.6. The number of rotatable bonds is 4. The van der Waals surface area contributed by atoms with Gasteiger partial charge in [-0.1, -0.05) is 0 Å². The van der Waals surface area contributed by atoms with Gasteiger partial charge in [0.2, 0.25) is 0 Å². The predicted molar refractivity (Wildman–Crippen MR) is 57.5 cm³/mol. The zero-order valence-corrected chi connectivity index (χ0v) is 10.2. The van der Waals surface area contributed by atoms with Crippen molar-refractivity contribution in [1.29, 1.82) is 0 Å². The Hall–Kier alpha value is -0.170. The van der Waals surface area contributed by atoms with Gasteiger partial charge in [-0.3, -0.25) is 4.90 Å². The largest absolute Gasteiger partial charge is 0.390 e. The summed E-state index contributed by atoms with van der Waals surface area (Å²) in [6.07, 6.45) is -0.778. The number of hydrogen-bond acceptors (Lipinski definition) is 5. The normalized spacial score (nSPS) is 32.1. The summed E-state index contributed by atoms with van der Waals surface area (Å²) in [5.41, 5.74) is 0. The van der Waals surface area contributed by atoms with Crippen LogP contribution in [0, 0.1) is 0 Å². The summed E-state index contributed by atoms with van der Waals surface area (Å²) in [4.78, 5) is 1.87. The second kappa shape index (κ2) is 4.78.